The highest BCUT2D eigenvalue weighted by Gasteiger charge is 2.50. The van der Waals surface area contributed by atoms with Crippen LogP contribution in [0.2, 0.25) is 0 Å². The molecule has 0 radical (unpaired) electrons. The third kappa shape index (κ3) is 4.95. The van der Waals surface area contributed by atoms with Gasteiger partial charge in [-0.3, -0.25) is 0 Å². The molecule has 0 aliphatic carbocycles. The van der Waals surface area contributed by atoms with Crippen molar-refractivity contribution in [1.82, 2.24) is 0 Å². The molecule has 0 aromatic heterocycles. The first-order valence-electron chi connectivity index (χ1n) is 11.0. The first-order chi connectivity index (χ1) is 16.1. The largest absolute Gasteiger partial charge is 1.00 e. The van der Waals surface area contributed by atoms with E-state index >= 15 is 0 Å². The summed E-state index contributed by atoms with van der Waals surface area (Å²) in [6.07, 6.45) is 0.995. The molecule has 174 valence electrons. The number of carboxylic acid groups (broad SMARTS) is 1. The minimum atomic E-state index is -2.17. The highest BCUT2D eigenvalue weighted by molar-refractivity contribution is 7.95. The van der Waals surface area contributed by atoms with E-state index in [1.54, 1.807) is 0 Å². The second-order valence-electron chi connectivity index (χ2n) is 7.99. The molecule has 0 heterocycles. The quantitative estimate of drug-likeness (QED) is 0.243. The molecule has 4 aromatic carbocycles. The summed E-state index contributed by atoms with van der Waals surface area (Å²) in [5, 5.41) is 14.1. The Labute approximate surface area is 219 Å². The lowest BCUT2D eigenvalue weighted by Gasteiger charge is -2.33. The average Bonchev–Trinajstić information content (AvgIpc) is 2.89. The first-order valence-corrected chi connectivity index (χ1v) is 13.0. The van der Waals surface area contributed by atoms with E-state index < -0.39 is 18.8 Å². The Bertz CT molecular complexity index is 1070. The van der Waals surface area contributed by atoms with Crippen molar-refractivity contribution in [3.05, 3.63) is 127 Å². The highest BCUT2D eigenvalue weighted by Crippen LogP contribution is 2.57. The molecule has 0 bridgehead atoms. The van der Waals surface area contributed by atoms with Gasteiger partial charge in [0.25, 0.3) is 0 Å². The lowest BCUT2D eigenvalue weighted by molar-refractivity contribution is -0.164. The number of halogens is 1. The number of benzene rings is 4. The summed E-state index contributed by atoms with van der Waals surface area (Å²) >= 11 is 0. The second kappa shape index (κ2) is 11.7. The minimum Gasteiger partial charge on any atom is -1.00 e. The standard InChI is InChI=1S/C29H27O3P.HI/c1-32-29(28(30)31,24-14-6-2-7-15-24)22-23-33(25-16-8-3-9-17-25,26-18-10-4-11-19-26)27-20-12-5-13-21-27;/h2-21H,22-23H2,1H3;1H. The van der Waals surface area contributed by atoms with Gasteiger partial charge in [-0.2, -0.15) is 0 Å². The van der Waals surface area contributed by atoms with E-state index in [1.165, 1.54) is 23.0 Å². The van der Waals surface area contributed by atoms with Crippen molar-refractivity contribution in [3.8, 4) is 0 Å². The summed E-state index contributed by atoms with van der Waals surface area (Å²) in [4.78, 5) is 12.7. The number of hydrogen-bond donors (Lipinski definition) is 1. The van der Waals surface area contributed by atoms with Crippen LogP contribution in [0.15, 0.2) is 121 Å². The van der Waals surface area contributed by atoms with Gasteiger partial charge in [0.2, 0.25) is 0 Å². The Kier molecular flexibility index (Phi) is 9.01. The fourth-order valence-electron chi connectivity index (χ4n) is 4.60. The Morgan fingerprint density at radius 3 is 1.38 bits per heavy atom. The smallest absolute Gasteiger partial charge is 0.340 e. The van der Waals surface area contributed by atoms with Crippen LogP contribution in [0.5, 0.6) is 0 Å². The molecule has 0 aliphatic rings. The van der Waals surface area contributed by atoms with Crippen LogP contribution in [-0.4, -0.2) is 24.3 Å². The van der Waals surface area contributed by atoms with Crippen LogP contribution < -0.4 is 39.9 Å². The van der Waals surface area contributed by atoms with Gasteiger partial charge in [-0.1, -0.05) is 84.9 Å². The van der Waals surface area contributed by atoms with Crippen LogP contribution in [0.1, 0.15) is 12.0 Å². The number of aliphatic carboxylic acids is 1. The van der Waals surface area contributed by atoms with E-state index in [0.29, 0.717) is 18.1 Å². The molecule has 1 N–H and O–H groups in total. The monoisotopic (exact) mass is 582 g/mol. The zero-order valence-corrected chi connectivity index (χ0v) is 22.1. The van der Waals surface area contributed by atoms with Gasteiger partial charge < -0.3 is 33.8 Å². The van der Waals surface area contributed by atoms with E-state index in [1.807, 2.05) is 48.5 Å². The Morgan fingerprint density at radius 1 is 0.706 bits per heavy atom. The number of hydrogen-bond acceptors (Lipinski definition) is 2. The fraction of sp³-hybridized carbons (Fsp3) is 0.138. The van der Waals surface area contributed by atoms with Crippen LogP contribution >= 0.6 is 7.26 Å². The molecule has 0 aliphatic heterocycles. The maximum atomic E-state index is 12.7. The van der Waals surface area contributed by atoms with Crippen LogP contribution in [0.4, 0.5) is 0 Å². The summed E-state index contributed by atoms with van der Waals surface area (Å²) in [7, 11) is -0.672. The maximum Gasteiger partial charge on any atom is 0.340 e. The molecule has 1 atom stereocenters. The topological polar surface area (TPSA) is 46.5 Å². The van der Waals surface area contributed by atoms with E-state index in [4.69, 9.17) is 4.74 Å². The van der Waals surface area contributed by atoms with Crippen molar-refractivity contribution >= 4 is 29.1 Å². The van der Waals surface area contributed by atoms with Gasteiger partial charge in [0, 0.05) is 13.5 Å². The third-order valence-electron chi connectivity index (χ3n) is 6.32. The van der Waals surface area contributed by atoms with E-state index in [0.717, 1.165) is 0 Å². The molecule has 34 heavy (non-hydrogen) atoms. The summed E-state index contributed by atoms with van der Waals surface area (Å²) in [6, 6.07) is 40.8. The van der Waals surface area contributed by atoms with Crippen molar-refractivity contribution in [2.24, 2.45) is 0 Å². The number of ether oxygens (including phenoxy) is 1. The number of rotatable bonds is 9. The molecule has 0 amide bonds. The van der Waals surface area contributed by atoms with E-state index in [9.17, 15) is 9.90 Å². The lowest BCUT2D eigenvalue weighted by Crippen LogP contribution is -3.00. The molecule has 0 spiro atoms. The molecular formula is C29H28IO3P. The fourth-order valence-corrected chi connectivity index (χ4v) is 8.96. The van der Waals surface area contributed by atoms with Gasteiger partial charge in [0.1, 0.15) is 23.2 Å². The van der Waals surface area contributed by atoms with E-state index in [-0.39, 0.29) is 24.0 Å². The third-order valence-corrected chi connectivity index (χ3v) is 10.8. The molecule has 1 unspecified atom stereocenters. The van der Waals surface area contributed by atoms with Gasteiger partial charge in [0.15, 0.2) is 5.60 Å². The average molecular weight is 582 g/mol. The summed E-state index contributed by atoms with van der Waals surface area (Å²) in [6.45, 7) is 0. The SMILES string of the molecule is COC(CC[P+](c1ccccc1)(c1ccccc1)c1ccccc1)(C(=O)O)c1ccccc1.[I-]. The predicted octanol–water partition coefficient (Wildman–Crippen LogP) is 2.00. The van der Waals surface area contributed by atoms with Crippen molar-refractivity contribution in [2.45, 2.75) is 12.0 Å². The van der Waals surface area contributed by atoms with Crippen LogP contribution in [0.25, 0.3) is 0 Å². The number of carbonyl (C=O) groups is 1. The zero-order chi connectivity index (χ0) is 23.2. The van der Waals surface area contributed by atoms with Gasteiger partial charge in [-0.15, -0.1) is 0 Å². The second-order valence-corrected chi connectivity index (χ2v) is 11.6. The van der Waals surface area contributed by atoms with Crippen molar-refractivity contribution in [1.29, 1.82) is 0 Å². The molecule has 4 aromatic rings. The Hall–Kier alpha value is -2.53. The highest BCUT2D eigenvalue weighted by atomic mass is 127. The van der Waals surface area contributed by atoms with E-state index in [2.05, 4.69) is 72.8 Å². The maximum absolute atomic E-state index is 12.7. The summed E-state index contributed by atoms with van der Waals surface area (Å²) in [5.74, 6) is -0.969. The van der Waals surface area contributed by atoms with Gasteiger partial charge in [-0.25, -0.2) is 4.79 Å². The first kappa shape index (κ1) is 26.1. The molecule has 5 heteroatoms. The number of carboxylic acids is 1. The van der Waals surface area contributed by atoms with Gasteiger partial charge in [0.05, 0.1) is 6.16 Å². The molecule has 4 rings (SSSR count). The predicted molar refractivity (Wildman–Crippen MR) is 137 cm³/mol. The van der Waals surface area contributed by atoms with Crippen molar-refractivity contribution < 1.29 is 38.6 Å². The lowest BCUT2D eigenvalue weighted by atomic mass is 9.91. The van der Waals surface area contributed by atoms with Crippen LogP contribution in [0.3, 0.4) is 0 Å². The van der Waals surface area contributed by atoms with Crippen LogP contribution in [0, 0.1) is 0 Å². The molecule has 0 saturated carbocycles. The van der Waals surface area contributed by atoms with Crippen molar-refractivity contribution in [2.75, 3.05) is 13.3 Å². The summed E-state index contributed by atoms with van der Waals surface area (Å²) < 4.78 is 5.81. The van der Waals surface area contributed by atoms with Gasteiger partial charge in [-0.05, 0) is 42.0 Å². The Morgan fingerprint density at radius 2 is 1.06 bits per heavy atom. The Balaban J connectivity index is 0.00000324. The zero-order valence-electron chi connectivity index (χ0n) is 19.1. The molecular weight excluding hydrogens is 554 g/mol. The normalized spacial score (nSPS) is 12.9. The summed E-state index contributed by atoms with van der Waals surface area (Å²) in [5.41, 5.74) is -0.766. The van der Waals surface area contributed by atoms with Crippen LogP contribution in [-0.2, 0) is 15.1 Å². The number of methoxy groups -OCH3 is 1. The van der Waals surface area contributed by atoms with Crippen molar-refractivity contribution in [3.63, 3.8) is 0 Å². The van der Waals surface area contributed by atoms with Gasteiger partial charge >= 0.3 is 5.97 Å². The molecule has 3 nitrogen and oxygen atoms in total. The molecule has 0 saturated heterocycles. The minimum absolute atomic E-state index is 0. The molecule has 0 fully saturated rings.